The lowest BCUT2D eigenvalue weighted by Crippen LogP contribution is -2.16. The fourth-order valence-electron chi connectivity index (χ4n) is 2.86. The van der Waals surface area contributed by atoms with Crippen LogP contribution in [-0.4, -0.2) is 24.1 Å². The first-order valence-corrected chi connectivity index (χ1v) is 7.87. The first-order valence-electron chi connectivity index (χ1n) is 7.87. The Morgan fingerprint density at radius 1 is 1.43 bits per heavy atom. The van der Waals surface area contributed by atoms with Crippen molar-refractivity contribution >= 4 is 17.5 Å². The summed E-state index contributed by atoms with van der Waals surface area (Å²) in [4.78, 5) is 16.2. The average Bonchev–Trinajstić information content (AvgIpc) is 2.50. The van der Waals surface area contributed by atoms with E-state index >= 15 is 0 Å². The van der Waals surface area contributed by atoms with Crippen molar-refractivity contribution in [3.63, 3.8) is 0 Å². The number of esters is 1. The number of anilines is 2. The van der Waals surface area contributed by atoms with Gasteiger partial charge in [-0.2, -0.15) is 0 Å². The van der Waals surface area contributed by atoms with E-state index in [2.05, 4.69) is 10.3 Å². The summed E-state index contributed by atoms with van der Waals surface area (Å²) in [5.74, 6) is 0.988. The zero-order valence-electron chi connectivity index (χ0n) is 12.7. The van der Waals surface area contributed by atoms with Gasteiger partial charge < -0.3 is 15.8 Å². The fourth-order valence-corrected chi connectivity index (χ4v) is 2.86. The van der Waals surface area contributed by atoms with E-state index in [-0.39, 0.29) is 5.97 Å². The number of nitrogens with two attached hydrogens (primary N) is 1. The Hall–Kier alpha value is -1.78. The van der Waals surface area contributed by atoms with E-state index in [1.165, 1.54) is 32.1 Å². The minimum atomic E-state index is -0.377. The van der Waals surface area contributed by atoms with Gasteiger partial charge in [-0.15, -0.1) is 0 Å². The number of carbonyl (C=O) groups excluding carboxylic acids is 1. The van der Waals surface area contributed by atoms with Crippen molar-refractivity contribution < 1.29 is 9.53 Å². The molecule has 3 N–H and O–H groups in total. The van der Waals surface area contributed by atoms with Gasteiger partial charge in [0.2, 0.25) is 0 Å². The molecular weight excluding hydrogens is 266 g/mol. The molecule has 0 unspecified atom stereocenters. The molecule has 1 heterocycles. The van der Waals surface area contributed by atoms with E-state index < -0.39 is 0 Å². The first kappa shape index (κ1) is 15.6. The van der Waals surface area contributed by atoms with Gasteiger partial charge in [0.15, 0.2) is 0 Å². The molecule has 1 fully saturated rings. The van der Waals surface area contributed by atoms with Gasteiger partial charge in [-0.3, -0.25) is 0 Å². The van der Waals surface area contributed by atoms with E-state index in [1.54, 1.807) is 19.2 Å². The van der Waals surface area contributed by atoms with Crippen LogP contribution in [0.1, 0.15) is 55.8 Å². The molecule has 5 heteroatoms. The number of pyridine rings is 1. The molecule has 0 saturated heterocycles. The number of aromatic nitrogens is 1. The van der Waals surface area contributed by atoms with Gasteiger partial charge in [-0.1, -0.05) is 32.1 Å². The molecule has 0 aliphatic heterocycles. The molecule has 1 saturated carbocycles. The average molecular weight is 291 g/mol. The maximum Gasteiger partial charge on any atom is 0.341 e. The maximum absolute atomic E-state index is 11.9. The summed E-state index contributed by atoms with van der Waals surface area (Å²) in [6.07, 6.45) is 9.39. The molecule has 0 bridgehead atoms. The van der Waals surface area contributed by atoms with Crippen LogP contribution in [0.15, 0.2) is 12.3 Å². The number of nitrogens with zero attached hydrogens (tertiary/aromatic N) is 1. The molecule has 0 spiro atoms. The molecule has 5 nitrogen and oxygen atoms in total. The molecule has 2 rings (SSSR count). The van der Waals surface area contributed by atoms with Crippen molar-refractivity contribution in [2.45, 2.75) is 45.4 Å². The number of rotatable bonds is 6. The van der Waals surface area contributed by atoms with Crippen LogP contribution in [0.25, 0.3) is 0 Å². The lowest BCUT2D eigenvalue weighted by atomic mass is 9.87. The molecule has 1 aliphatic rings. The summed E-state index contributed by atoms with van der Waals surface area (Å²) in [6, 6.07) is 1.62. The van der Waals surface area contributed by atoms with Crippen LogP contribution >= 0.6 is 0 Å². The highest BCUT2D eigenvalue weighted by Gasteiger charge is 2.16. The van der Waals surface area contributed by atoms with Gasteiger partial charge in [0, 0.05) is 6.54 Å². The number of hydrogen-bond acceptors (Lipinski definition) is 5. The third-order valence-electron chi connectivity index (χ3n) is 3.97. The third-order valence-corrected chi connectivity index (χ3v) is 3.97. The van der Waals surface area contributed by atoms with Crippen LogP contribution in [-0.2, 0) is 4.74 Å². The SMILES string of the molecule is CCOC(=O)c1cc(N)cnc1NCCC1CCCCC1. The molecule has 1 aromatic heterocycles. The molecule has 0 amide bonds. The second kappa shape index (κ2) is 7.86. The highest BCUT2D eigenvalue weighted by Crippen LogP contribution is 2.26. The third kappa shape index (κ3) is 4.62. The highest BCUT2D eigenvalue weighted by molar-refractivity contribution is 5.95. The Morgan fingerprint density at radius 2 is 2.19 bits per heavy atom. The van der Waals surface area contributed by atoms with Crippen molar-refractivity contribution in [1.82, 2.24) is 4.98 Å². The maximum atomic E-state index is 11.9. The zero-order chi connectivity index (χ0) is 15.1. The summed E-state index contributed by atoms with van der Waals surface area (Å²) < 4.78 is 5.05. The van der Waals surface area contributed by atoms with E-state index in [0.29, 0.717) is 23.7 Å². The normalized spacial score (nSPS) is 15.7. The smallest absolute Gasteiger partial charge is 0.341 e. The number of carbonyl (C=O) groups is 1. The van der Waals surface area contributed by atoms with Crippen LogP contribution in [0.5, 0.6) is 0 Å². The van der Waals surface area contributed by atoms with Gasteiger partial charge in [-0.25, -0.2) is 9.78 Å². The van der Waals surface area contributed by atoms with Gasteiger partial charge in [0.25, 0.3) is 0 Å². The summed E-state index contributed by atoms with van der Waals surface area (Å²) >= 11 is 0. The lowest BCUT2D eigenvalue weighted by Gasteiger charge is -2.21. The first-order chi connectivity index (χ1) is 10.2. The predicted octanol–water partition coefficient (Wildman–Crippen LogP) is 3.22. The minimum Gasteiger partial charge on any atom is -0.462 e. The van der Waals surface area contributed by atoms with Gasteiger partial charge in [-0.05, 0) is 25.3 Å². The molecule has 0 atom stereocenters. The monoisotopic (exact) mass is 291 g/mol. The fraction of sp³-hybridized carbons (Fsp3) is 0.625. The number of hydrogen-bond donors (Lipinski definition) is 2. The summed E-state index contributed by atoms with van der Waals surface area (Å²) in [7, 11) is 0. The van der Waals surface area contributed by atoms with Crippen LogP contribution in [0.2, 0.25) is 0 Å². The predicted molar refractivity (Wildman–Crippen MR) is 84.3 cm³/mol. The van der Waals surface area contributed by atoms with E-state index in [0.717, 1.165) is 18.9 Å². The number of ether oxygens (including phenoxy) is 1. The minimum absolute atomic E-state index is 0.342. The number of nitrogens with one attached hydrogen (secondary N) is 1. The van der Waals surface area contributed by atoms with Crippen molar-refractivity contribution in [3.8, 4) is 0 Å². The Labute approximate surface area is 126 Å². The second-order valence-electron chi connectivity index (χ2n) is 5.60. The molecule has 1 aliphatic carbocycles. The molecule has 0 radical (unpaired) electrons. The van der Waals surface area contributed by atoms with E-state index in [4.69, 9.17) is 10.5 Å². The van der Waals surface area contributed by atoms with Crippen LogP contribution < -0.4 is 11.1 Å². The summed E-state index contributed by atoms with van der Waals surface area (Å²) in [6.45, 7) is 2.96. The summed E-state index contributed by atoms with van der Waals surface area (Å²) in [5, 5.41) is 3.26. The second-order valence-corrected chi connectivity index (χ2v) is 5.60. The zero-order valence-corrected chi connectivity index (χ0v) is 12.7. The van der Waals surface area contributed by atoms with Crippen molar-refractivity contribution in [2.24, 2.45) is 5.92 Å². The number of nitrogen functional groups attached to an aromatic ring is 1. The van der Waals surface area contributed by atoms with Crippen molar-refractivity contribution in [1.29, 1.82) is 0 Å². The summed E-state index contributed by atoms with van der Waals surface area (Å²) in [5.41, 5.74) is 6.59. The van der Waals surface area contributed by atoms with Crippen molar-refractivity contribution in [2.75, 3.05) is 24.2 Å². The lowest BCUT2D eigenvalue weighted by molar-refractivity contribution is 0.0527. The Kier molecular flexibility index (Phi) is 5.84. The standard InChI is InChI=1S/C16H25N3O2/c1-2-21-16(20)14-10-13(17)11-19-15(14)18-9-8-12-6-4-3-5-7-12/h10-12H,2-9,17H2,1H3,(H,18,19). The van der Waals surface area contributed by atoms with E-state index in [1.807, 2.05) is 0 Å². The largest absolute Gasteiger partial charge is 0.462 e. The molecule has 0 aromatic carbocycles. The molecule has 116 valence electrons. The van der Waals surface area contributed by atoms with E-state index in [9.17, 15) is 4.79 Å². The van der Waals surface area contributed by atoms with Crippen LogP contribution in [0.4, 0.5) is 11.5 Å². The molecule has 1 aromatic rings. The van der Waals surface area contributed by atoms with Crippen LogP contribution in [0, 0.1) is 5.92 Å². The quantitative estimate of drug-likeness (QED) is 0.787. The van der Waals surface area contributed by atoms with Crippen molar-refractivity contribution in [3.05, 3.63) is 17.8 Å². The Balaban J connectivity index is 1.93. The van der Waals surface area contributed by atoms with Gasteiger partial charge >= 0.3 is 5.97 Å². The Bertz CT molecular complexity index is 471. The van der Waals surface area contributed by atoms with Gasteiger partial charge in [0.05, 0.1) is 18.5 Å². The molecule has 21 heavy (non-hydrogen) atoms. The topological polar surface area (TPSA) is 77.2 Å². The van der Waals surface area contributed by atoms with Crippen LogP contribution in [0.3, 0.4) is 0 Å². The highest BCUT2D eigenvalue weighted by atomic mass is 16.5. The van der Waals surface area contributed by atoms with Gasteiger partial charge in [0.1, 0.15) is 11.4 Å². The Morgan fingerprint density at radius 3 is 2.90 bits per heavy atom. The molecular formula is C16H25N3O2.